The van der Waals surface area contributed by atoms with Gasteiger partial charge in [-0.15, -0.1) is 0 Å². The fourth-order valence-electron chi connectivity index (χ4n) is 3.80. The van der Waals surface area contributed by atoms with Crippen LogP contribution in [0.1, 0.15) is 42.4 Å². The lowest BCUT2D eigenvalue weighted by Gasteiger charge is -2.32. The lowest BCUT2D eigenvalue weighted by Crippen LogP contribution is -2.42. The predicted molar refractivity (Wildman–Crippen MR) is 112 cm³/mol. The molecule has 1 fully saturated rings. The van der Waals surface area contributed by atoms with E-state index in [0.717, 1.165) is 42.7 Å². The van der Waals surface area contributed by atoms with E-state index < -0.39 is 11.7 Å². The molecular formula is C23H22ClF3N2O2. The van der Waals surface area contributed by atoms with Gasteiger partial charge in [0.2, 0.25) is 5.91 Å². The molecule has 0 aromatic heterocycles. The number of hydrogen-bond acceptors (Lipinski definition) is 3. The van der Waals surface area contributed by atoms with Crippen LogP contribution < -0.4 is 0 Å². The summed E-state index contributed by atoms with van der Waals surface area (Å²) in [5, 5.41) is 4.77. The van der Waals surface area contributed by atoms with E-state index in [1.807, 2.05) is 12.1 Å². The number of halogens is 4. The Kier molecular flexibility index (Phi) is 6.23. The number of carbonyl (C=O) groups excluding carboxylic acids is 1. The number of hydrogen-bond donors (Lipinski definition) is 0. The molecule has 2 aromatic rings. The Morgan fingerprint density at radius 2 is 1.90 bits per heavy atom. The Morgan fingerprint density at radius 1 is 1.16 bits per heavy atom. The minimum atomic E-state index is -4.42. The summed E-state index contributed by atoms with van der Waals surface area (Å²) in [6.07, 6.45) is -1.63. The maximum Gasteiger partial charge on any atom is 0.416 e. The molecule has 2 aromatic carbocycles. The van der Waals surface area contributed by atoms with Crippen molar-refractivity contribution in [2.45, 2.75) is 44.5 Å². The highest BCUT2D eigenvalue weighted by atomic mass is 35.5. The summed E-state index contributed by atoms with van der Waals surface area (Å²) in [5.74, 6) is -0.101. The highest BCUT2D eigenvalue weighted by Crippen LogP contribution is 2.32. The van der Waals surface area contributed by atoms with Gasteiger partial charge in [-0.3, -0.25) is 4.79 Å². The normalized spacial score (nSPS) is 18.8. The number of oxime groups is 1. The van der Waals surface area contributed by atoms with E-state index in [1.165, 1.54) is 6.07 Å². The number of alkyl halides is 3. The van der Waals surface area contributed by atoms with Gasteiger partial charge in [-0.1, -0.05) is 47.4 Å². The molecule has 8 heteroatoms. The van der Waals surface area contributed by atoms with Crippen molar-refractivity contribution in [3.8, 4) is 0 Å². The first-order chi connectivity index (χ1) is 14.8. The summed E-state index contributed by atoms with van der Waals surface area (Å²) >= 11 is 5.93. The fraction of sp³-hybridized carbons (Fsp3) is 0.391. The minimum absolute atomic E-state index is 0.0350. The number of amides is 1. The molecule has 1 aliphatic heterocycles. The second kappa shape index (κ2) is 8.91. The minimum Gasteiger partial charge on any atom is -0.390 e. The van der Waals surface area contributed by atoms with Crippen LogP contribution in [0.5, 0.6) is 0 Å². The zero-order chi connectivity index (χ0) is 22.0. The van der Waals surface area contributed by atoms with Crippen molar-refractivity contribution in [3.63, 3.8) is 0 Å². The first kappa shape index (κ1) is 21.7. The first-order valence-corrected chi connectivity index (χ1v) is 10.6. The van der Waals surface area contributed by atoms with E-state index in [9.17, 15) is 18.0 Å². The van der Waals surface area contributed by atoms with E-state index in [2.05, 4.69) is 5.16 Å². The SMILES string of the molecule is O=C(C1CCC1)N(Cc1cccc(C(F)(F)F)c1)CC1CC(c2ccc(Cl)cc2)=NO1. The van der Waals surface area contributed by atoms with Crippen LogP contribution >= 0.6 is 11.6 Å². The molecule has 0 radical (unpaired) electrons. The Morgan fingerprint density at radius 3 is 2.55 bits per heavy atom. The average Bonchev–Trinajstić information content (AvgIpc) is 3.15. The molecule has 1 heterocycles. The summed E-state index contributed by atoms with van der Waals surface area (Å²) in [6, 6.07) is 12.4. The number of nitrogens with zero attached hydrogens (tertiary/aromatic N) is 2. The number of carbonyl (C=O) groups is 1. The highest BCUT2D eigenvalue weighted by Gasteiger charge is 2.34. The maximum atomic E-state index is 13.1. The van der Waals surface area contributed by atoms with Crippen LogP contribution in [-0.4, -0.2) is 29.2 Å². The molecule has 1 aliphatic carbocycles. The van der Waals surface area contributed by atoms with Gasteiger partial charge in [0.25, 0.3) is 0 Å². The van der Waals surface area contributed by atoms with Crippen LogP contribution in [0.2, 0.25) is 5.02 Å². The van der Waals surface area contributed by atoms with Gasteiger partial charge in [-0.05, 0) is 48.2 Å². The molecule has 4 nitrogen and oxygen atoms in total. The third-order valence-corrected chi connectivity index (χ3v) is 5.98. The van der Waals surface area contributed by atoms with Crippen molar-refractivity contribution in [1.29, 1.82) is 0 Å². The third kappa shape index (κ3) is 5.21. The quantitative estimate of drug-likeness (QED) is 0.568. The monoisotopic (exact) mass is 450 g/mol. The van der Waals surface area contributed by atoms with Crippen LogP contribution in [0, 0.1) is 5.92 Å². The van der Waals surface area contributed by atoms with Gasteiger partial charge in [-0.2, -0.15) is 13.2 Å². The van der Waals surface area contributed by atoms with Crippen molar-refractivity contribution >= 4 is 23.2 Å². The van der Waals surface area contributed by atoms with E-state index in [1.54, 1.807) is 23.1 Å². The number of benzene rings is 2. The molecule has 1 unspecified atom stereocenters. The molecular weight excluding hydrogens is 429 g/mol. The Hall–Kier alpha value is -2.54. The Balaban J connectivity index is 1.46. The molecule has 4 rings (SSSR count). The van der Waals surface area contributed by atoms with Crippen molar-refractivity contribution < 1.29 is 22.8 Å². The molecule has 0 spiro atoms. The summed E-state index contributed by atoms with van der Waals surface area (Å²) < 4.78 is 39.3. The Labute approximate surface area is 183 Å². The Bertz CT molecular complexity index is 972. The molecule has 31 heavy (non-hydrogen) atoms. The zero-order valence-corrected chi connectivity index (χ0v) is 17.5. The molecule has 1 saturated carbocycles. The predicted octanol–water partition coefficient (Wildman–Crippen LogP) is 5.68. The van der Waals surface area contributed by atoms with Crippen molar-refractivity contribution in [2.24, 2.45) is 11.1 Å². The standard InChI is InChI=1S/C23H22ClF3N2O2/c24-19-9-7-16(8-10-19)21-12-20(31-28-21)14-29(22(30)17-4-2-5-17)13-15-3-1-6-18(11-15)23(25,26)27/h1,3,6-11,17,20H,2,4-5,12-14H2. The molecule has 0 bridgehead atoms. The summed E-state index contributed by atoms with van der Waals surface area (Å²) in [4.78, 5) is 20.2. The third-order valence-electron chi connectivity index (χ3n) is 5.73. The van der Waals surface area contributed by atoms with E-state index >= 15 is 0 Å². The maximum absolute atomic E-state index is 13.1. The molecule has 164 valence electrons. The van der Waals surface area contributed by atoms with Crippen LogP contribution in [0.25, 0.3) is 0 Å². The van der Waals surface area contributed by atoms with Gasteiger partial charge < -0.3 is 9.74 Å². The van der Waals surface area contributed by atoms with E-state index in [4.69, 9.17) is 16.4 Å². The van der Waals surface area contributed by atoms with E-state index in [-0.39, 0.29) is 31.0 Å². The lowest BCUT2D eigenvalue weighted by atomic mass is 9.84. The van der Waals surface area contributed by atoms with Gasteiger partial charge in [0.05, 0.1) is 17.8 Å². The second-order valence-electron chi connectivity index (χ2n) is 8.02. The molecule has 1 atom stereocenters. The van der Waals surface area contributed by atoms with E-state index in [0.29, 0.717) is 17.0 Å². The van der Waals surface area contributed by atoms with Crippen molar-refractivity contribution in [3.05, 3.63) is 70.2 Å². The van der Waals surface area contributed by atoms with Crippen LogP contribution in [0.15, 0.2) is 53.7 Å². The summed E-state index contributed by atoms with van der Waals surface area (Å²) in [5.41, 5.74) is 1.38. The smallest absolute Gasteiger partial charge is 0.390 e. The molecule has 0 N–H and O–H groups in total. The molecule has 1 amide bonds. The van der Waals surface area contributed by atoms with Crippen LogP contribution in [0.4, 0.5) is 13.2 Å². The van der Waals surface area contributed by atoms with Crippen LogP contribution in [0.3, 0.4) is 0 Å². The zero-order valence-electron chi connectivity index (χ0n) is 16.7. The molecule has 2 aliphatic rings. The lowest BCUT2D eigenvalue weighted by molar-refractivity contribution is -0.140. The summed E-state index contributed by atoms with van der Waals surface area (Å²) in [6.45, 7) is 0.377. The number of rotatable bonds is 6. The van der Waals surface area contributed by atoms with Gasteiger partial charge in [0, 0.05) is 23.9 Å². The van der Waals surface area contributed by atoms with Gasteiger partial charge in [-0.25, -0.2) is 0 Å². The van der Waals surface area contributed by atoms with Gasteiger partial charge in [0.15, 0.2) is 6.10 Å². The van der Waals surface area contributed by atoms with Crippen molar-refractivity contribution in [1.82, 2.24) is 4.90 Å². The second-order valence-corrected chi connectivity index (χ2v) is 8.46. The van der Waals surface area contributed by atoms with Gasteiger partial charge in [0.1, 0.15) is 0 Å². The van der Waals surface area contributed by atoms with Gasteiger partial charge >= 0.3 is 6.18 Å². The molecule has 0 saturated heterocycles. The largest absolute Gasteiger partial charge is 0.416 e. The topological polar surface area (TPSA) is 41.9 Å². The van der Waals surface area contributed by atoms with Crippen LogP contribution in [-0.2, 0) is 22.4 Å². The highest BCUT2D eigenvalue weighted by molar-refractivity contribution is 6.30. The first-order valence-electron chi connectivity index (χ1n) is 10.2. The summed E-state index contributed by atoms with van der Waals surface area (Å²) in [7, 11) is 0. The van der Waals surface area contributed by atoms with Crippen molar-refractivity contribution in [2.75, 3.05) is 6.54 Å². The average molecular weight is 451 g/mol. The fourth-order valence-corrected chi connectivity index (χ4v) is 3.92.